The van der Waals surface area contributed by atoms with E-state index in [1.165, 1.54) is 0 Å². The smallest absolute Gasteiger partial charge is 0.144 e. The number of nitrogens with one attached hydrogen (secondary N) is 1. The van der Waals surface area contributed by atoms with Crippen molar-refractivity contribution in [1.82, 2.24) is 4.98 Å². The van der Waals surface area contributed by atoms with Gasteiger partial charge in [0.1, 0.15) is 11.9 Å². The molecule has 17 heavy (non-hydrogen) atoms. The van der Waals surface area contributed by atoms with Crippen molar-refractivity contribution in [2.24, 2.45) is 0 Å². The van der Waals surface area contributed by atoms with E-state index in [0.29, 0.717) is 11.4 Å². The zero-order chi connectivity index (χ0) is 13.1. The van der Waals surface area contributed by atoms with E-state index in [4.69, 9.17) is 5.26 Å². The molecule has 0 aliphatic heterocycles. The van der Waals surface area contributed by atoms with Crippen LogP contribution in [0.15, 0.2) is 6.07 Å². The van der Waals surface area contributed by atoms with Gasteiger partial charge in [-0.2, -0.15) is 17.0 Å². The molecule has 0 spiro atoms. The molecule has 0 bridgehead atoms. The van der Waals surface area contributed by atoms with Gasteiger partial charge in [-0.1, -0.05) is 0 Å². The molecule has 0 amide bonds. The molecule has 0 radical (unpaired) electrons. The van der Waals surface area contributed by atoms with Crippen LogP contribution in [-0.4, -0.2) is 22.5 Å². The Hall–Kier alpha value is -1.21. The SMILES string of the molecule is CSC(C)(C)CNc1nc(C)cc(C)c1C#N. The summed E-state index contributed by atoms with van der Waals surface area (Å²) >= 11 is 1.80. The molecule has 1 aromatic rings. The minimum absolute atomic E-state index is 0.131. The fourth-order valence-corrected chi connectivity index (χ4v) is 1.69. The zero-order valence-electron chi connectivity index (χ0n) is 11.1. The number of pyridine rings is 1. The number of rotatable bonds is 4. The molecular weight excluding hydrogens is 230 g/mol. The molecule has 1 heterocycles. The highest BCUT2D eigenvalue weighted by atomic mass is 32.2. The lowest BCUT2D eigenvalue weighted by Crippen LogP contribution is -2.26. The first-order chi connectivity index (χ1) is 7.89. The number of thioether (sulfide) groups is 1. The van der Waals surface area contributed by atoms with Crippen molar-refractivity contribution in [2.45, 2.75) is 32.4 Å². The maximum absolute atomic E-state index is 9.14. The molecule has 0 fully saturated rings. The molecule has 0 unspecified atom stereocenters. The van der Waals surface area contributed by atoms with Crippen molar-refractivity contribution in [2.75, 3.05) is 18.1 Å². The van der Waals surface area contributed by atoms with Crippen LogP contribution < -0.4 is 5.32 Å². The highest BCUT2D eigenvalue weighted by molar-refractivity contribution is 7.99. The molecule has 0 aliphatic rings. The first-order valence-corrected chi connectivity index (χ1v) is 6.79. The third-order valence-corrected chi connectivity index (χ3v) is 3.94. The van der Waals surface area contributed by atoms with Crippen LogP contribution in [0.1, 0.15) is 30.7 Å². The molecule has 1 rings (SSSR count). The van der Waals surface area contributed by atoms with Gasteiger partial charge in [-0.15, -0.1) is 0 Å². The van der Waals surface area contributed by atoms with Crippen LogP contribution in [0.25, 0.3) is 0 Å². The summed E-state index contributed by atoms with van der Waals surface area (Å²) in [6, 6.07) is 4.15. The van der Waals surface area contributed by atoms with Gasteiger partial charge in [-0.25, -0.2) is 4.98 Å². The van der Waals surface area contributed by atoms with Crippen LogP contribution in [0, 0.1) is 25.2 Å². The number of aryl methyl sites for hydroxylation is 2. The van der Waals surface area contributed by atoms with Crippen molar-refractivity contribution in [1.29, 1.82) is 5.26 Å². The lowest BCUT2D eigenvalue weighted by molar-refractivity contribution is 0.749. The van der Waals surface area contributed by atoms with Gasteiger partial charge in [0.2, 0.25) is 0 Å². The summed E-state index contributed by atoms with van der Waals surface area (Å²) < 4.78 is 0.131. The lowest BCUT2D eigenvalue weighted by atomic mass is 10.1. The molecule has 0 saturated carbocycles. The molecule has 0 saturated heterocycles. The van der Waals surface area contributed by atoms with E-state index in [1.807, 2.05) is 19.9 Å². The standard InChI is InChI=1S/C13H19N3S/c1-9-6-10(2)16-12(11(9)7-14)15-8-13(3,4)17-5/h6H,8H2,1-5H3,(H,15,16). The van der Waals surface area contributed by atoms with E-state index < -0.39 is 0 Å². The second-order valence-corrected chi connectivity index (χ2v) is 6.25. The van der Waals surface area contributed by atoms with Crippen LogP contribution in [0.2, 0.25) is 0 Å². The Bertz CT molecular complexity index is 447. The minimum Gasteiger partial charge on any atom is -0.368 e. The fourth-order valence-electron chi connectivity index (χ4n) is 1.47. The summed E-state index contributed by atoms with van der Waals surface area (Å²) in [6.45, 7) is 9.01. The zero-order valence-corrected chi connectivity index (χ0v) is 11.9. The average Bonchev–Trinajstić information content (AvgIpc) is 2.26. The second-order valence-electron chi connectivity index (χ2n) is 4.73. The van der Waals surface area contributed by atoms with Crippen molar-refractivity contribution in [3.05, 3.63) is 22.9 Å². The quantitative estimate of drug-likeness (QED) is 0.890. The van der Waals surface area contributed by atoms with Gasteiger partial charge in [0.05, 0.1) is 5.56 Å². The predicted molar refractivity (Wildman–Crippen MR) is 74.5 cm³/mol. The summed E-state index contributed by atoms with van der Waals surface area (Å²) in [4.78, 5) is 4.40. The second kappa shape index (κ2) is 5.42. The topological polar surface area (TPSA) is 48.7 Å². The third kappa shape index (κ3) is 3.64. The summed E-state index contributed by atoms with van der Waals surface area (Å²) in [5.74, 6) is 0.701. The number of nitrogens with zero attached hydrogens (tertiary/aromatic N) is 2. The van der Waals surface area contributed by atoms with Gasteiger partial charge in [-0.3, -0.25) is 0 Å². The summed E-state index contributed by atoms with van der Waals surface area (Å²) in [7, 11) is 0. The van der Waals surface area contributed by atoms with E-state index in [1.54, 1.807) is 11.8 Å². The Balaban J connectivity index is 2.95. The van der Waals surface area contributed by atoms with E-state index in [9.17, 15) is 0 Å². The number of hydrogen-bond donors (Lipinski definition) is 1. The van der Waals surface area contributed by atoms with E-state index in [0.717, 1.165) is 17.8 Å². The Labute approximate surface area is 108 Å². The molecule has 92 valence electrons. The molecule has 3 nitrogen and oxygen atoms in total. The molecule has 0 aromatic carbocycles. The predicted octanol–water partition coefficient (Wildman–Crippen LogP) is 3.12. The number of anilines is 1. The molecule has 1 N–H and O–H groups in total. The summed E-state index contributed by atoms with van der Waals surface area (Å²) in [5, 5.41) is 12.4. The molecule has 0 atom stereocenters. The lowest BCUT2D eigenvalue weighted by Gasteiger charge is -2.23. The largest absolute Gasteiger partial charge is 0.368 e. The van der Waals surface area contributed by atoms with Crippen LogP contribution >= 0.6 is 11.8 Å². The van der Waals surface area contributed by atoms with Gasteiger partial charge in [0.15, 0.2) is 0 Å². The highest BCUT2D eigenvalue weighted by Crippen LogP contribution is 2.23. The van der Waals surface area contributed by atoms with Gasteiger partial charge >= 0.3 is 0 Å². The summed E-state index contributed by atoms with van der Waals surface area (Å²) in [6.07, 6.45) is 2.09. The van der Waals surface area contributed by atoms with E-state index >= 15 is 0 Å². The molecular formula is C13H19N3S. The van der Waals surface area contributed by atoms with E-state index in [2.05, 4.69) is 36.5 Å². The van der Waals surface area contributed by atoms with Crippen molar-refractivity contribution in [3.8, 4) is 6.07 Å². The Kier molecular flexibility index (Phi) is 4.41. The van der Waals surface area contributed by atoms with Gasteiger partial charge in [-0.05, 0) is 45.6 Å². The van der Waals surface area contributed by atoms with Gasteiger partial charge < -0.3 is 5.32 Å². The number of nitriles is 1. The maximum atomic E-state index is 9.14. The van der Waals surface area contributed by atoms with Crippen LogP contribution in [-0.2, 0) is 0 Å². The number of aromatic nitrogens is 1. The van der Waals surface area contributed by atoms with Crippen LogP contribution in [0.5, 0.6) is 0 Å². The monoisotopic (exact) mass is 249 g/mol. The summed E-state index contributed by atoms with van der Waals surface area (Å²) in [5.41, 5.74) is 2.56. The van der Waals surface area contributed by atoms with Gasteiger partial charge in [0.25, 0.3) is 0 Å². The Morgan fingerprint density at radius 3 is 2.65 bits per heavy atom. The molecule has 4 heteroatoms. The number of hydrogen-bond acceptors (Lipinski definition) is 4. The fraction of sp³-hybridized carbons (Fsp3) is 0.538. The highest BCUT2D eigenvalue weighted by Gasteiger charge is 2.17. The van der Waals surface area contributed by atoms with Crippen LogP contribution in [0.3, 0.4) is 0 Å². The van der Waals surface area contributed by atoms with Crippen molar-refractivity contribution < 1.29 is 0 Å². The molecule has 0 aliphatic carbocycles. The van der Waals surface area contributed by atoms with Crippen molar-refractivity contribution in [3.63, 3.8) is 0 Å². The average molecular weight is 249 g/mol. The normalized spacial score (nSPS) is 11.1. The van der Waals surface area contributed by atoms with Crippen LogP contribution in [0.4, 0.5) is 5.82 Å². The molecule has 1 aromatic heterocycles. The Morgan fingerprint density at radius 2 is 2.12 bits per heavy atom. The first kappa shape index (κ1) is 13.9. The third-order valence-electron chi connectivity index (χ3n) is 2.69. The Morgan fingerprint density at radius 1 is 1.47 bits per heavy atom. The van der Waals surface area contributed by atoms with E-state index in [-0.39, 0.29) is 4.75 Å². The maximum Gasteiger partial charge on any atom is 0.144 e. The van der Waals surface area contributed by atoms with Crippen molar-refractivity contribution >= 4 is 17.6 Å². The first-order valence-electron chi connectivity index (χ1n) is 5.57. The minimum atomic E-state index is 0.131. The van der Waals surface area contributed by atoms with Gasteiger partial charge in [0, 0.05) is 17.0 Å².